The van der Waals surface area contributed by atoms with Crippen LogP contribution in [0.1, 0.15) is 0 Å². The van der Waals surface area contributed by atoms with Crippen LogP contribution in [0.4, 0.5) is 0 Å². The van der Waals surface area contributed by atoms with Crippen molar-refractivity contribution in [3.05, 3.63) is 30.6 Å². The van der Waals surface area contributed by atoms with Gasteiger partial charge in [-0.3, -0.25) is 0 Å². The average molecular weight is 282 g/mol. The zero-order valence-electron chi connectivity index (χ0n) is 4.34. The van der Waals surface area contributed by atoms with Gasteiger partial charge < -0.3 is 36.1 Å². The van der Waals surface area contributed by atoms with Crippen molar-refractivity contribution in [3.8, 4) is 0 Å². The van der Waals surface area contributed by atoms with Gasteiger partial charge in [0.15, 0.2) is 0 Å². The molecule has 0 aromatic rings. The molecular weight excluding hydrogens is 280 g/mol. The second-order valence-electron chi connectivity index (χ2n) is 0.447. The molecule has 0 unspecified atom stereocenters. The van der Waals surface area contributed by atoms with Gasteiger partial charge in [-0.2, -0.15) is 0 Å². The van der Waals surface area contributed by atoms with E-state index in [4.69, 9.17) is 30.6 Å². The number of hydrogen-bond donors (Lipinski definition) is 0. The van der Waals surface area contributed by atoms with E-state index in [0.717, 1.165) is 0 Å². The third-order valence-corrected chi connectivity index (χ3v) is 0. The molecule has 0 bridgehead atoms. The molecule has 0 aromatic carbocycles. The molecule has 0 aromatic heterocycles. The first kappa shape index (κ1) is 22.6. The summed E-state index contributed by atoms with van der Waals surface area (Å²) in [6.07, 6.45) is 0. The first-order chi connectivity index (χ1) is 3.46. The molecule has 10 heteroatoms. The maximum absolute atomic E-state index is 8.25. The van der Waals surface area contributed by atoms with Crippen molar-refractivity contribution in [2.45, 2.75) is 0 Å². The molecule has 0 aliphatic heterocycles. The van der Waals surface area contributed by atoms with E-state index in [9.17, 15) is 0 Å². The molecule has 0 atom stereocenters. The van der Waals surface area contributed by atoms with Crippen molar-refractivity contribution in [3.63, 3.8) is 0 Å². The van der Waals surface area contributed by atoms with Crippen molar-refractivity contribution in [1.82, 2.24) is 0 Å². The van der Waals surface area contributed by atoms with E-state index in [0.29, 0.717) is 0 Å². The van der Waals surface area contributed by atoms with Crippen LogP contribution in [-0.2, 0) is 0 Å². The van der Waals surface area contributed by atoms with Crippen LogP contribution in [0.25, 0.3) is 0 Å². The normalized spacial score (nSPS) is 4.80. The quantitative estimate of drug-likeness (QED) is 0.395. The fourth-order valence-electron chi connectivity index (χ4n) is 0. The summed E-state index contributed by atoms with van der Waals surface area (Å²) in [5.74, 6) is 0. The Bertz CT molecular complexity index is 69.6. The van der Waals surface area contributed by atoms with Crippen LogP contribution < -0.4 is 0 Å². The summed E-state index contributed by atoms with van der Waals surface area (Å²) < 4.78 is 0. The minimum atomic E-state index is -1.75. The minimum absolute atomic E-state index is 0. The Kier molecular flexibility index (Phi) is 35.9. The Morgan fingerprint density at radius 1 is 0.800 bits per heavy atom. The molecule has 0 saturated heterocycles. The third kappa shape index (κ3) is 5060. The van der Waals surface area contributed by atoms with E-state index >= 15 is 0 Å². The van der Waals surface area contributed by atoms with E-state index in [-0.39, 0.29) is 47.2 Å². The molecule has 0 radical (unpaired) electrons. The summed E-state index contributed by atoms with van der Waals surface area (Å²) in [4.78, 5) is 16.5. The third-order valence-electron chi connectivity index (χ3n) is 0. The topological polar surface area (TPSA) is 164 Å². The summed E-state index contributed by atoms with van der Waals surface area (Å²) >= 11 is 0. The van der Waals surface area contributed by atoms with Crippen molar-refractivity contribution >= 4 is 0 Å². The second-order valence-corrected chi connectivity index (χ2v) is 0.447. The van der Waals surface area contributed by atoms with Crippen molar-refractivity contribution in [2.24, 2.45) is 0 Å². The van der Waals surface area contributed by atoms with Crippen LogP contribution in [0.3, 0.4) is 0 Å². The molecule has 0 amide bonds. The van der Waals surface area contributed by atoms with Gasteiger partial charge >= 0.3 is 0 Å². The van der Waals surface area contributed by atoms with Gasteiger partial charge in [-0.25, -0.2) is 0 Å². The molecule has 10 heavy (non-hydrogen) atoms. The van der Waals surface area contributed by atoms with Gasteiger partial charge in [-0.1, -0.05) is 0 Å². The summed E-state index contributed by atoms with van der Waals surface area (Å²) in [6, 6.07) is 0. The van der Waals surface area contributed by atoms with E-state index in [2.05, 4.69) is 0 Å². The monoisotopic (exact) mass is 282 g/mol. The Morgan fingerprint density at radius 3 is 0.800 bits per heavy atom. The van der Waals surface area contributed by atoms with Crippen molar-refractivity contribution < 1.29 is 57.4 Å². The SMILES string of the molecule is O.O=[N+]([O-])[O-].O=[N+]([O-])[O-].[Ce]. The first-order valence-electron chi connectivity index (χ1n) is 1.10. The second kappa shape index (κ2) is 15.9. The van der Waals surface area contributed by atoms with Crippen LogP contribution in [0.15, 0.2) is 0 Å². The van der Waals surface area contributed by atoms with Gasteiger partial charge in [0, 0.05) is 41.7 Å². The van der Waals surface area contributed by atoms with Crippen LogP contribution in [0.5, 0.6) is 0 Å². The van der Waals surface area contributed by atoms with Gasteiger partial charge in [0.05, 0.1) is 10.2 Å². The van der Waals surface area contributed by atoms with Crippen LogP contribution in [-0.4, -0.2) is 15.6 Å². The predicted octanol–water partition coefficient (Wildman–Crippen LogP) is -1.30. The maximum Gasteiger partial charge on any atom is 0.0689 e. The fourth-order valence-corrected chi connectivity index (χ4v) is 0. The molecule has 2 N–H and O–H groups in total. The minimum Gasteiger partial charge on any atom is -0.412 e. The van der Waals surface area contributed by atoms with Gasteiger partial charge in [0.1, 0.15) is 0 Å². The van der Waals surface area contributed by atoms with Crippen LogP contribution in [0.2, 0.25) is 0 Å². The smallest absolute Gasteiger partial charge is 0.0689 e. The molecule has 0 spiro atoms. The van der Waals surface area contributed by atoms with Crippen LogP contribution in [0, 0.1) is 72.4 Å². The zero-order chi connectivity index (χ0) is 7.15. The Hall–Kier alpha value is -0.263. The van der Waals surface area contributed by atoms with Gasteiger partial charge in [0.2, 0.25) is 0 Å². The molecule has 0 heterocycles. The van der Waals surface area contributed by atoms with Gasteiger partial charge in [-0.15, -0.1) is 0 Å². The number of rotatable bonds is 0. The molecular formula is H2CeN2O7-2. The summed E-state index contributed by atoms with van der Waals surface area (Å²) in [6.45, 7) is 0. The van der Waals surface area contributed by atoms with Gasteiger partial charge in [-0.05, 0) is 0 Å². The van der Waals surface area contributed by atoms with Gasteiger partial charge in [0.25, 0.3) is 0 Å². The fraction of sp³-hybridized carbons (Fsp3) is 0. The van der Waals surface area contributed by atoms with Crippen LogP contribution >= 0.6 is 0 Å². The Balaban J connectivity index is -0.0000000300. The average Bonchev–Trinajstić information content (AvgIpc) is 1.25. The largest absolute Gasteiger partial charge is 0.412 e. The zero-order valence-corrected chi connectivity index (χ0v) is 7.48. The Morgan fingerprint density at radius 2 is 0.800 bits per heavy atom. The van der Waals surface area contributed by atoms with E-state index in [1.165, 1.54) is 0 Å². The molecule has 0 rings (SSSR count). The molecule has 9 nitrogen and oxygen atoms in total. The molecule has 0 aliphatic carbocycles. The summed E-state index contributed by atoms with van der Waals surface area (Å²) in [5.41, 5.74) is 0. The number of nitrogens with zero attached hydrogens (tertiary/aromatic N) is 2. The molecule has 0 fully saturated rings. The number of hydrogen-bond acceptors (Lipinski definition) is 6. The van der Waals surface area contributed by atoms with E-state index < -0.39 is 10.2 Å². The molecule has 60 valence electrons. The molecule has 0 aliphatic rings. The van der Waals surface area contributed by atoms with E-state index in [1.807, 2.05) is 0 Å². The van der Waals surface area contributed by atoms with Crippen molar-refractivity contribution in [1.29, 1.82) is 0 Å². The summed E-state index contributed by atoms with van der Waals surface area (Å²) in [7, 11) is 0. The summed E-state index contributed by atoms with van der Waals surface area (Å²) in [5, 5.41) is 29.5. The maximum atomic E-state index is 8.25. The standard InChI is InChI=1S/Ce.2NO3.H2O/c;2*2-1(3)4;/h;;;1H2/q;2*-1;. The van der Waals surface area contributed by atoms with Crippen molar-refractivity contribution in [2.75, 3.05) is 0 Å². The van der Waals surface area contributed by atoms with E-state index in [1.54, 1.807) is 0 Å². The first-order valence-corrected chi connectivity index (χ1v) is 1.10. The molecule has 0 saturated carbocycles. The Labute approximate surface area is 87.5 Å². The predicted molar refractivity (Wildman–Crippen MR) is 24.3 cm³/mol.